The SMILES string of the molecule is C#Cc1cc2c(cc1C=Cc1ccc(OC)cc1)OCO2. The molecule has 0 aliphatic carbocycles. The van der Waals surface area contributed by atoms with E-state index in [-0.39, 0.29) is 6.79 Å². The van der Waals surface area contributed by atoms with Crippen LogP contribution >= 0.6 is 0 Å². The first-order valence-corrected chi connectivity index (χ1v) is 6.52. The van der Waals surface area contributed by atoms with Crippen molar-refractivity contribution in [2.24, 2.45) is 0 Å². The zero-order valence-electron chi connectivity index (χ0n) is 11.6. The Morgan fingerprint density at radius 2 is 1.81 bits per heavy atom. The molecule has 0 aromatic heterocycles. The molecule has 0 saturated heterocycles. The van der Waals surface area contributed by atoms with Crippen LogP contribution in [0.25, 0.3) is 12.2 Å². The summed E-state index contributed by atoms with van der Waals surface area (Å²) in [5.74, 6) is 4.93. The maximum atomic E-state index is 5.55. The van der Waals surface area contributed by atoms with E-state index in [9.17, 15) is 0 Å². The van der Waals surface area contributed by atoms with E-state index in [0.717, 1.165) is 28.2 Å². The second-order valence-corrected chi connectivity index (χ2v) is 4.54. The third-order valence-corrected chi connectivity index (χ3v) is 3.27. The van der Waals surface area contributed by atoms with Crippen molar-refractivity contribution in [2.75, 3.05) is 13.9 Å². The van der Waals surface area contributed by atoms with Gasteiger partial charge in [-0.25, -0.2) is 0 Å². The Balaban J connectivity index is 1.90. The van der Waals surface area contributed by atoms with E-state index in [1.807, 2.05) is 48.6 Å². The van der Waals surface area contributed by atoms with Crippen LogP contribution in [0.1, 0.15) is 16.7 Å². The van der Waals surface area contributed by atoms with Gasteiger partial charge in [0.05, 0.1) is 7.11 Å². The molecule has 21 heavy (non-hydrogen) atoms. The zero-order chi connectivity index (χ0) is 14.7. The molecule has 3 rings (SSSR count). The molecule has 0 N–H and O–H groups in total. The number of terminal acetylenes is 1. The number of hydrogen-bond acceptors (Lipinski definition) is 3. The third-order valence-electron chi connectivity index (χ3n) is 3.27. The van der Waals surface area contributed by atoms with Gasteiger partial charge in [0.2, 0.25) is 6.79 Å². The Hall–Kier alpha value is -2.86. The Labute approximate surface area is 123 Å². The average Bonchev–Trinajstić information content (AvgIpc) is 2.99. The Bertz CT molecular complexity index is 721. The molecule has 3 nitrogen and oxygen atoms in total. The number of benzene rings is 2. The van der Waals surface area contributed by atoms with Crippen molar-refractivity contribution in [2.45, 2.75) is 0 Å². The molecule has 1 heterocycles. The quantitative estimate of drug-likeness (QED) is 0.634. The fourth-order valence-electron chi connectivity index (χ4n) is 2.12. The van der Waals surface area contributed by atoms with Crippen LogP contribution in [0, 0.1) is 12.3 Å². The predicted octanol–water partition coefficient (Wildman–Crippen LogP) is 3.58. The smallest absolute Gasteiger partial charge is 0.231 e. The van der Waals surface area contributed by atoms with E-state index in [4.69, 9.17) is 20.6 Å². The molecular weight excluding hydrogens is 264 g/mol. The van der Waals surface area contributed by atoms with E-state index in [1.165, 1.54) is 0 Å². The Morgan fingerprint density at radius 1 is 1.10 bits per heavy atom. The Kier molecular flexibility index (Phi) is 3.53. The first-order chi connectivity index (χ1) is 10.3. The molecule has 0 spiro atoms. The summed E-state index contributed by atoms with van der Waals surface area (Å²) < 4.78 is 15.8. The van der Waals surface area contributed by atoms with Crippen molar-refractivity contribution < 1.29 is 14.2 Å². The second-order valence-electron chi connectivity index (χ2n) is 4.54. The monoisotopic (exact) mass is 278 g/mol. The van der Waals surface area contributed by atoms with Crippen molar-refractivity contribution in [3.8, 4) is 29.6 Å². The molecule has 0 unspecified atom stereocenters. The summed E-state index contributed by atoms with van der Waals surface area (Å²) >= 11 is 0. The van der Waals surface area contributed by atoms with Crippen LogP contribution in [-0.2, 0) is 0 Å². The lowest BCUT2D eigenvalue weighted by Crippen LogP contribution is -1.92. The highest BCUT2D eigenvalue weighted by Crippen LogP contribution is 2.35. The van der Waals surface area contributed by atoms with Gasteiger partial charge < -0.3 is 14.2 Å². The molecule has 104 valence electrons. The molecule has 0 atom stereocenters. The predicted molar refractivity (Wildman–Crippen MR) is 82.4 cm³/mol. The minimum absolute atomic E-state index is 0.241. The van der Waals surface area contributed by atoms with Crippen LogP contribution in [0.5, 0.6) is 17.2 Å². The lowest BCUT2D eigenvalue weighted by Gasteiger charge is -2.03. The van der Waals surface area contributed by atoms with Crippen molar-refractivity contribution in [1.82, 2.24) is 0 Å². The van der Waals surface area contributed by atoms with Gasteiger partial charge >= 0.3 is 0 Å². The Morgan fingerprint density at radius 3 is 2.48 bits per heavy atom. The number of rotatable bonds is 3. The summed E-state index contributed by atoms with van der Waals surface area (Å²) in [7, 11) is 1.65. The molecular formula is C18H14O3. The van der Waals surface area contributed by atoms with Crippen molar-refractivity contribution >= 4 is 12.2 Å². The summed E-state index contributed by atoms with van der Waals surface area (Å²) in [5, 5.41) is 0. The van der Waals surface area contributed by atoms with Gasteiger partial charge in [-0.2, -0.15) is 0 Å². The number of ether oxygens (including phenoxy) is 3. The highest BCUT2D eigenvalue weighted by molar-refractivity contribution is 5.75. The highest BCUT2D eigenvalue weighted by atomic mass is 16.7. The lowest BCUT2D eigenvalue weighted by molar-refractivity contribution is 0.174. The number of hydrogen-bond donors (Lipinski definition) is 0. The fraction of sp³-hybridized carbons (Fsp3) is 0.111. The molecule has 1 aliphatic rings. The summed E-state index contributed by atoms with van der Waals surface area (Å²) in [6, 6.07) is 11.5. The fourth-order valence-corrected chi connectivity index (χ4v) is 2.12. The standard InChI is InChI=1S/C18H14O3/c1-3-14-10-17-18(21-12-20-17)11-15(14)7-4-13-5-8-16(19-2)9-6-13/h1,4-11H,12H2,2H3. The lowest BCUT2D eigenvalue weighted by atomic mass is 10.0. The molecule has 0 amide bonds. The molecule has 0 fully saturated rings. The van der Waals surface area contributed by atoms with Gasteiger partial charge in [0, 0.05) is 11.6 Å². The molecule has 3 heteroatoms. The first kappa shape index (κ1) is 13.1. The van der Waals surface area contributed by atoms with Crippen molar-refractivity contribution in [3.63, 3.8) is 0 Å². The van der Waals surface area contributed by atoms with Crippen LogP contribution in [0.2, 0.25) is 0 Å². The van der Waals surface area contributed by atoms with Crippen molar-refractivity contribution in [1.29, 1.82) is 0 Å². The van der Waals surface area contributed by atoms with Crippen LogP contribution < -0.4 is 14.2 Å². The van der Waals surface area contributed by atoms with Crippen LogP contribution in [-0.4, -0.2) is 13.9 Å². The molecule has 2 aromatic carbocycles. The minimum atomic E-state index is 0.241. The molecule has 0 saturated carbocycles. The zero-order valence-corrected chi connectivity index (χ0v) is 11.6. The molecule has 0 bridgehead atoms. The number of fused-ring (bicyclic) bond motifs is 1. The maximum Gasteiger partial charge on any atom is 0.231 e. The maximum absolute atomic E-state index is 5.55. The largest absolute Gasteiger partial charge is 0.497 e. The normalized spacial score (nSPS) is 12.4. The van der Waals surface area contributed by atoms with E-state index >= 15 is 0 Å². The number of methoxy groups -OCH3 is 1. The molecule has 0 radical (unpaired) electrons. The van der Waals surface area contributed by atoms with Gasteiger partial charge in [-0.3, -0.25) is 0 Å². The second kappa shape index (κ2) is 5.64. The summed E-state index contributed by atoms with van der Waals surface area (Å²) in [4.78, 5) is 0. The van der Waals surface area contributed by atoms with Gasteiger partial charge in [-0.05, 0) is 29.3 Å². The van der Waals surface area contributed by atoms with Crippen molar-refractivity contribution in [3.05, 3.63) is 53.1 Å². The summed E-state index contributed by atoms with van der Waals surface area (Å²) in [6.45, 7) is 0.241. The summed E-state index contributed by atoms with van der Waals surface area (Å²) in [6.07, 6.45) is 9.52. The summed E-state index contributed by atoms with van der Waals surface area (Å²) in [5.41, 5.74) is 2.78. The van der Waals surface area contributed by atoms with E-state index < -0.39 is 0 Å². The van der Waals surface area contributed by atoms with E-state index in [0.29, 0.717) is 5.75 Å². The first-order valence-electron chi connectivity index (χ1n) is 6.52. The van der Waals surface area contributed by atoms with Gasteiger partial charge in [0.25, 0.3) is 0 Å². The van der Waals surface area contributed by atoms with E-state index in [2.05, 4.69) is 5.92 Å². The van der Waals surface area contributed by atoms with Gasteiger partial charge in [-0.15, -0.1) is 6.42 Å². The van der Waals surface area contributed by atoms with Gasteiger partial charge in [-0.1, -0.05) is 30.2 Å². The van der Waals surface area contributed by atoms with Gasteiger partial charge in [0.15, 0.2) is 11.5 Å². The van der Waals surface area contributed by atoms with Crippen LogP contribution in [0.4, 0.5) is 0 Å². The van der Waals surface area contributed by atoms with E-state index in [1.54, 1.807) is 7.11 Å². The topological polar surface area (TPSA) is 27.7 Å². The van der Waals surface area contributed by atoms with Gasteiger partial charge in [0.1, 0.15) is 5.75 Å². The van der Waals surface area contributed by atoms with Crippen LogP contribution in [0.15, 0.2) is 36.4 Å². The molecule has 1 aliphatic heterocycles. The van der Waals surface area contributed by atoms with Crippen LogP contribution in [0.3, 0.4) is 0 Å². The third kappa shape index (κ3) is 2.70. The minimum Gasteiger partial charge on any atom is -0.497 e. The highest BCUT2D eigenvalue weighted by Gasteiger charge is 2.15. The molecule has 2 aromatic rings. The average molecular weight is 278 g/mol.